The number of rotatable bonds is 4. The van der Waals surface area contributed by atoms with Gasteiger partial charge in [0.1, 0.15) is 0 Å². The quantitative estimate of drug-likeness (QED) is 0.364. The van der Waals surface area contributed by atoms with Gasteiger partial charge < -0.3 is 0 Å². The fraction of sp³-hybridized carbons (Fsp3) is 0.160. The van der Waals surface area contributed by atoms with Crippen LogP contribution in [-0.4, -0.2) is 5.71 Å². The van der Waals surface area contributed by atoms with Crippen LogP contribution < -0.4 is 5.01 Å². The van der Waals surface area contributed by atoms with Gasteiger partial charge in [0.05, 0.1) is 28.6 Å². The van der Waals surface area contributed by atoms with Crippen LogP contribution in [0.15, 0.2) is 90.0 Å². The van der Waals surface area contributed by atoms with E-state index in [1.54, 1.807) is 30.3 Å². The second kappa shape index (κ2) is 8.77. The van der Waals surface area contributed by atoms with Crippen LogP contribution in [0.25, 0.3) is 6.08 Å². The lowest BCUT2D eigenvalue weighted by Crippen LogP contribution is -2.22. The van der Waals surface area contributed by atoms with E-state index in [2.05, 4.69) is 5.10 Å². The van der Waals surface area contributed by atoms with E-state index in [-0.39, 0.29) is 17.5 Å². The minimum absolute atomic E-state index is 0.0434. The first-order valence-corrected chi connectivity index (χ1v) is 10.1. The summed E-state index contributed by atoms with van der Waals surface area (Å²) in [5.41, 5.74) is -0.594. The van der Waals surface area contributed by atoms with Crippen LogP contribution in [0.5, 0.6) is 0 Å². The van der Waals surface area contributed by atoms with E-state index >= 15 is 0 Å². The second-order valence-corrected chi connectivity index (χ2v) is 7.49. The highest BCUT2D eigenvalue weighted by Gasteiger charge is 2.38. The van der Waals surface area contributed by atoms with Crippen molar-refractivity contribution in [3.8, 4) is 0 Å². The van der Waals surface area contributed by atoms with Gasteiger partial charge in [0.25, 0.3) is 0 Å². The van der Waals surface area contributed by atoms with E-state index in [1.165, 1.54) is 53.6 Å². The molecule has 1 aliphatic heterocycles. The molecule has 1 unspecified atom stereocenters. The molecule has 0 bridgehead atoms. The second-order valence-electron chi connectivity index (χ2n) is 7.49. The molecule has 0 N–H and O–H groups in total. The predicted octanol–water partition coefficient (Wildman–Crippen LogP) is 7.75. The third-order valence-electron chi connectivity index (χ3n) is 5.30. The summed E-state index contributed by atoms with van der Waals surface area (Å²) in [4.78, 5) is 0. The minimum atomic E-state index is -4.55. The van der Waals surface area contributed by atoms with Gasteiger partial charge in [0, 0.05) is 6.42 Å². The van der Waals surface area contributed by atoms with Gasteiger partial charge in [-0.05, 0) is 41.5 Å². The summed E-state index contributed by atoms with van der Waals surface area (Å²) in [6, 6.07) is 18.3. The molecule has 33 heavy (non-hydrogen) atoms. The van der Waals surface area contributed by atoms with Crippen LogP contribution in [0, 0.1) is 0 Å². The summed E-state index contributed by atoms with van der Waals surface area (Å²) >= 11 is 0. The zero-order valence-corrected chi connectivity index (χ0v) is 17.1. The monoisotopic (exact) mass is 460 g/mol. The smallest absolute Gasteiger partial charge is 0.257 e. The van der Waals surface area contributed by atoms with E-state index in [9.17, 15) is 26.3 Å². The maximum Gasteiger partial charge on any atom is 0.416 e. The molecule has 0 aliphatic carbocycles. The van der Waals surface area contributed by atoms with Crippen molar-refractivity contribution >= 4 is 17.5 Å². The third kappa shape index (κ3) is 4.94. The highest BCUT2D eigenvalue weighted by Crippen LogP contribution is 2.42. The highest BCUT2D eigenvalue weighted by atomic mass is 19.4. The molecule has 1 atom stereocenters. The maximum absolute atomic E-state index is 13.7. The number of hydrazone groups is 1. The first-order chi connectivity index (χ1) is 15.6. The van der Waals surface area contributed by atoms with Crippen molar-refractivity contribution < 1.29 is 26.3 Å². The van der Waals surface area contributed by atoms with Crippen LogP contribution in [0.2, 0.25) is 0 Å². The number of alkyl halides is 6. The van der Waals surface area contributed by atoms with Gasteiger partial charge in [-0.1, -0.05) is 60.7 Å². The lowest BCUT2D eigenvalue weighted by atomic mass is 9.95. The van der Waals surface area contributed by atoms with Gasteiger partial charge >= 0.3 is 12.4 Å². The van der Waals surface area contributed by atoms with E-state index in [0.717, 1.165) is 12.1 Å². The Kier molecular flexibility index (Phi) is 6.01. The molecule has 4 rings (SSSR count). The van der Waals surface area contributed by atoms with Gasteiger partial charge in [-0.3, -0.25) is 5.01 Å². The molecule has 1 aliphatic rings. The Hall–Kier alpha value is -3.55. The van der Waals surface area contributed by atoms with Crippen LogP contribution in [0.1, 0.15) is 34.7 Å². The molecule has 170 valence electrons. The molecule has 3 aromatic carbocycles. The van der Waals surface area contributed by atoms with Crippen molar-refractivity contribution in [2.24, 2.45) is 5.10 Å². The number of hydrogen-bond donors (Lipinski definition) is 0. The number of hydrogen-bond acceptors (Lipinski definition) is 2. The Labute approximate surface area is 186 Å². The topological polar surface area (TPSA) is 15.6 Å². The van der Waals surface area contributed by atoms with Gasteiger partial charge in [-0.2, -0.15) is 31.4 Å². The van der Waals surface area contributed by atoms with Crippen molar-refractivity contribution in [1.82, 2.24) is 0 Å². The molecule has 0 saturated heterocycles. The number of para-hydroxylation sites is 1. The lowest BCUT2D eigenvalue weighted by molar-refractivity contribution is -0.139. The number of allylic oxidation sites excluding steroid dienone is 1. The molecular weight excluding hydrogens is 442 g/mol. The summed E-state index contributed by atoms with van der Waals surface area (Å²) < 4.78 is 80.9. The van der Waals surface area contributed by atoms with Crippen molar-refractivity contribution in [1.29, 1.82) is 0 Å². The Morgan fingerprint density at radius 1 is 0.697 bits per heavy atom. The fourth-order valence-corrected chi connectivity index (χ4v) is 3.83. The predicted molar refractivity (Wildman–Crippen MR) is 116 cm³/mol. The average Bonchev–Trinajstić information content (AvgIpc) is 3.21. The molecule has 0 saturated carbocycles. The normalized spacial score (nSPS) is 17.0. The molecule has 2 nitrogen and oxygen atoms in total. The van der Waals surface area contributed by atoms with Crippen LogP contribution >= 0.6 is 0 Å². The maximum atomic E-state index is 13.7. The van der Waals surface area contributed by atoms with Crippen molar-refractivity contribution in [3.05, 3.63) is 107 Å². The van der Waals surface area contributed by atoms with Crippen molar-refractivity contribution in [3.63, 3.8) is 0 Å². The summed E-state index contributed by atoms with van der Waals surface area (Å²) in [7, 11) is 0. The van der Waals surface area contributed by atoms with Crippen LogP contribution in [-0.2, 0) is 12.4 Å². The minimum Gasteiger partial charge on any atom is -0.257 e. The number of benzene rings is 3. The van der Waals surface area contributed by atoms with Gasteiger partial charge in [0.15, 0.2) is 0 Å². The Balaban J connectivity index is 1.73. The molecule has 0 aromatic heterocycles. The largest absolute Gasteiger partial charge is 0.416 e. The summed E-state index contributed by atoms with van der Waals surface area (Å²) in [5, 5.41) is 5.95. The zero-order valence-electron chi connectivity index (χ0n) is 17.1. The summed E-state index contributed by atoms with van der Waals surface area (Å²) in [6.45, 7) is 0. The standard InChI is InChI=1S/C25H18F6N2/c26-24(27,28)21-12-6-4-8-17(21)14-15-18-16-23(33(32-18)19-9-2-1-3-10-19)20-11-5-7-13-22(20)25(29,30)31/h1-15,23H,16H2. The lowest BCUT2D eigenvalue weighted by Gasteiger charge is -2.26. The molecule has 0 radical (unpaired) electrons. The van der Waals surface area contributed by atoms with Crippen molar-refractivity contribution in [2.75, 3.05) is 5.01 Å². The number of nitrogens with zero attached hydrogens (tertiary/aromatic N) is 2. The first kappa shape index (κ1) is 22.6. The van der Waals surface area contributed by atoms with E-state index in [1.807, 2.05) is 0 Å². The highest BCUT2D eigenvalue weighted by molar-refractivity contribution is 6.01. The van der Waals surface area contributed by atoms with Crippen LogP contribution in [0.3, 0.4) is 0 Å². The summed E-state index contributed by atoms with van der Waals surface area (Å²) in [6.07, 6.45) is -6.25. The Morgan fingerprint density at radius 3 is 1.94 bits per heavy atom. The van der Waals surface area contributed by atoms with Crippen LogP contribution in [0.4, 0.5) is 32.0 Å². The average molecular weight is 460 g/mol. The Bertz CT molecular complexity index is 1180. The molecule has 8 heteroatoms. The number of halogens is 6. The SMILES string of the molecule is FC(F)(F)c1ccccc1C=CC1=NN(c2ccccc2)C(c2ccccc2C(F)(F)F)C1. The third-order valence-corrected chi connectivity index (χ3v) is 5.30. The van der Waals surface area contributed by atoms with E-state index < -0.39 is 29.5 Å². The van der Waals surface area contributed by atoms with Gasteiger partial charge in [-0.15, -0.1) is 0 Å². The van der Waals surface area contributed by atoms with Gasteiger partial charge in [0.2, 0.25) is 0 Å². The molecule has 1 heterocycles. The molecule has 0 fully saturated rings. The summed E-state index contributed by atoms with van der Waals surface area (Å²) in [5.74, 6) is 0. The van der Waals surface area contributed by atoms with Gasteiger partial charge in [-0.25, -0.2) is 0 Å². The molecule has 0 amide bonds. The first-order valence-electron chi connectivity index (χ1n) is 10.1. The fourth-order valence-electron chi connectivity index (χ4n) is 3.83. The zero-order chi connectivity index (χ0) is 23.6. The Morgan fingerprint density at radius 2 is 1.27 bits per heavy atom. The molecule has 0 spiro atoms. The van der Waals surface area contributed by atoms with E-state index in [4.69, 9.17) is 0 Å². The molecular formula is C25H18F6N2. The number of anilines is 1. The molecule has 3 aromatic rings. The van der Waals surface area contributed by atoms with E-state index in [0.29, 0.717) is 11.4 Å². The van der Waals surface area contributed by atoms with Crippen molar-refractivity contribution in [2.45, 2.75) is 24.8 Å².